The Bertz CT molecular complexity index is 953. The van der Waals surface area contributed by atoms with Crippen LogP contribution in [0.15, 0.2) is 41.9 Å². The average Bonchev–Trinajstić information content (AvgIpc) is 3.18. The molecule has 0 radical (unpaired) electrons. The van der Waals surface area contributed by atoms with E-state index < -0.39 is 0 Å². The maximum absolute atomic E-state index is 13.0. The number of benzene rings is 1. The van der Waals surface area contributed by atoms with Crippen molar-refractivity contribution >= 4 is 23.2 Å². The first-order chi connectivity index (χ1) is 13.1. The number of hydrogen-bond acceptors (Lipinski definition) is 6. The van der Waals surface area contributed by atoms with E-state index in [1.54, 1.807) is 6.20 Å². The van der Waals surface area contributed by atoms with Gasteiger partial charge in [-0.25, -0.2) is 15.0 Å². The van der Waals surface area contributed by atoms with Crippen LogP contribution in [-0.4, -0.2) is 38.8 Å². The van der Waals surface area contributed by atoms with Crippen LogP contribution in [0.3, 0.4) is 0 Å². The summed E-state index contributed by atoms with van der Waals surface area (Å²) in [6.45, 7) is 3.43. The van der Waals surface area contributed by atoms with Gasteiger partial charge in [0.05, 0.1) is 5.69 Å². The van der Waals surface area contributed by atoms with Crippen LogP contribution in [0.25, 0.3) is 10.6 Å². The summed E-state index contributed by atoms with van der Waals surface area (Å²) < 4.78 is 0. The lowest BCUT2D eigenvalue weighted by Gasteiger charge is -2.32. The molecular formula is C20H21N5OS. The van der Waals surface area contributed by atoms with Gasteiger partial charge in [-0.2, -0.15) is 0 Å². The van der Waals surface area contributed by atoms with Crippen LogP contribution >= 0.6 is 11.3 Å². The van der Waals surface area contributed by atoms with Crippen LogP contribution in [0.5, 0.6) is 0 Å². The molecule has 3 aromatic rings. The largest absolute Gasteiger partial charge is 0.368 e. The summed E-state index contributed by atoms with van der Waals surface area (Å²) in [6, 6.07) is 10.1. The Kier molecular flexibility index (Phi) is 4.85. The maximum Gasteiger partial charge on any atom is 0.273 e. The molecule has 2 N–H and O–H groups in total. The molecule has 6 nitrogen and oxygen atoms in total. The monoisotopic (exact) mass is 379 g/mol. The molecule has 3 heterocycles. The van der Waals surface area contributed by atoms with Gasteiger partial charge in [-0.15, -0.1) is 11.3 Å². The van der Waals surface area contributed by atoms with E-state index in [-0.39, 0.29) is 17.8 Å². The SMILES string of the molecule is Cc1ccc(-c2nc(C(=O)N3CCCC(c4ccnc(N)n4)C3)cs2)cc1. The predicted molar refractivity (Wildman–Crippen MR) is 107 cm³/mol. The van der Waals surface area contributed by atoms with Gasteiger partial charge in [0.1, 0.15) is 10.7 Å². The Labute approximate surface area is 162 Å². The summed E-state index contributed by atoms with van der Waals surface area (Å²) in [4.78, 5) is 27.7. The van der Waals surface area contributed by atoms with Crippen molar-refractivity contribution in [2.24, 2.45) is 0 Å². The number of hydrogen-bond donors (Lipinski definition) is 1. The minimum atomic E-state index is -0.0173. The number of aromatic nitrogens is 3. The molecule has 27 heavy (non-hydrogen) atoms. The van der Waals surface area contributed by atoms with Gasteiger partial charge in [0.2, 0.25) is 5.95 Å². The average molecular weight is 379 g/mol. The molecule has 0 spiro atoms. The Morgan fingerprint density at radius 1 is 1.22 bits per heavy atom. The Morgan fingerprint density at radius 3 is 2.81 bits per heavy atom. The zero-order valence-corrected chi connectivity index (χ0v) is 15.9. The number of carbonyl (C=O) groups is 1. The molecular weight excluding hydrogens is 358 g/mol. The number of nitrogens with two attached hydrogens (primary N) is 1. The van der Waals surface area contributed by atoms with Crippen LogP contribution in [0.1, 0.15) is 40.5 Å². The summed E-state index contributed by atoms with van der Waals surface area (Å²) in [5, 5.41) is 2.72. The molecule has 4 rings (SSSR count). The van der Waals surface area contributed by atoms with Crippen molar-refractivity contribution in [1.82, 2.24) is 19.9 Å². The normalized spacial score (nSPS) is 17.1. The highest BCUT2D eigenvalue weighted by Gasteiger charge is 2.27. The minimum absolute atomic E-state index is 0.0173. The van der Waals surface area contributed by atoms with Crippen molar-refractivity contribution in [3.8, 4) is 10.6 Å². The maximum atomic E-state index is 13.0. The Balaban J connectivity index is 1.50. The molecule has 1 atom stereocenters. The number of amides is 1. The zero-order chi connectivity index (χ0) is 18.8. The first kappa shape index (κ1) is 17.6. The highest BCUT2D eigenvalue weighted by atomic mass is 32.1. The lowest BCUT2D eigenvalue weighted by molar-refractivity contribution is 0.0701. The van der Waals surface area contributed by atoms with Crippen LogP contribution in [0.2, 0.25) is 0 Å². The van der Waals surface area contributed by atoms with Crippen LogP contribution in [-0.2, 0) is 0 Å². The van der Waals surface area contributed by atoms with Gasteiger partial charge in [0.25, 0.3) is 5.91 Å². The highest BCUT2D eigenvalue weighted by Crippen LogP contribution is 2.28. The van der Waals surface area contributed by atoms with Crippen LogP contribution < -0.4 is 5.73 Å². The smallest absolute Gasteiger partial charge is 0.273 e. The van der Waals surface area contributed by atoms with Crippen molar-refractivity contribution in [2.75, 3.05) is 18.8 Å². The first-order valence-corrected chi connectivity index (χ1v) is 9.88. The molecule has 0 aliphatic carbocycles. The number of carbonyl (C=O) groups excluding carboxylic acids is 1. The van der Waals surface area contributed by atoms with Gasteiger partial charge in [-0.3, -0.25) is 4.79 Å². The molecule has 0 bridgehead atoms. The molecule has 1 unspecified atom stereocenters. The van der Waals surface area contributed by atoms with Gasteiger partial charge in [0.15, 0.2) is 0 Å². The van der Waals surface area contributed by atoms with E-state index in [0.717, 1.165) is 35.7 Å². The molecule has 7 heteroatoms. The molecule has 1 aliphatic heterocycles. The van der Waals surface area contributed by atoms with Crippen LogP contribution in [0.4, 0.5) is 5.95 Å². The topological polar surface area (TPSA) is 85.0 Å². The number of aryl methyl sites for hydroxylation is 1. The number of rotatable bonds is 3. The molecule has 1 amide bonds. The van der Waals surface area contributed by atoms with E-state index in [9.17, 15) is 4.79 Å². The second kappa shape index (κ2) is 7.44. The van der Waals surface area contributed by atoms with E-state index in [0.29, 0.717) is 12.2 Å². The summed E-state index contributed by atoms with van der Waals surface area (Å²) >= 11 is 1.50. The third-order valence-corrected chi connectivity index (χ3v) is 5.74. The molecule has 1 aliphatic rings. The van der Waals surface area contributed by atoms with Gasteiger partial charge in [0, 0.05) is 36.1 Å². The molecule has 2 aromatic heterocycles. The van der Waals surface area contributed by atoms with Gasteiger partial charge in [-0.05, 0) is 25.8 Å². The number of thiazole rings is 1. The molecule has 1 aromatic carbocycles. The van der Waals surface area contributed by atoms with Crippen molar-refractivity contribution in [3.63, 3.8) is 0 Å². The number of piperidine rings is 1. The molecule has 138 valence electrons. The lowest BCUT2D eigenvalue weighted by atomic mass is 9.94. The standard InChI is InChI=1S/C20H21N5OS/c1-13-4-6-14(7-5-13)18-23-17(12-27-18)19(26)25-10-2-3-15(11-25)16-8-9-22-20(21)24-16/h4-9,12,15H,2-3,10-11H2,1H3,(H2,21,22,24). The summed E-state index contributed by atoms with van der Waals surface area (Å²) in [5.41, 5.74) is 9.37. The van der Waals surface area contributed by atoms with E-state index in [2.05, 4.69) is 34.0 Å². The van der Waals surface area contributed by atoms with E-state index in [1.807, 2.05) is 28.5 Å². The lowest BCUT2D eigenvalue weighted by Crippen LogP contribution is -2.39. The van der Waals surface area contributed by atoms with Crippen molar-refractivity contribution in [1.29, 1.82) is 0 Å². The molecule has 1 fully saturated rings. The van der Waals surface area contributed by atoms with Crippen LogP contribution in [0, 0.1) is 6.92 Å². The van der Waals surface area contributed by atoms with Gasteiger partial charge < -0.3 is 10.6 Å². The van der Waals surface area contributed by atoms with Crippen molar-refractivity contribution in [3.05, 3.63) is 58.9 Å². The van der Waals surface area contributed by atoms with Gasteiger partial charge >= 0.3 is 0 Å². The number of nitrogens with zero attached hydrogens (tertiary/aromatic N) is 4. The summed E-state index contributed by atoms with van der Waals surface area (Å²) in [7, 11) is 0. The summed E-state index contributed by atoms with van der Waals surface area (Å²) in [5.74, 6) is 0.442. The minimum Gasteiger partial charge on any atom is -0.368 e. The second-order valence-electron chi connectivity index (χ2n) is 6.83. The fourth-order valence-corrected chi connectivity index (χ4v) is 4.18. The predicted octanol–water partition coefficient (Wildman–Crippen LogP) is 3.51. The fraction of sp³-hybridized carbons (Fsp3) is 0.300. The highest BCUT2D eigenvalue weighted by molar-refractivity contribution is 7.13. The molecule has 0 saturated carbocycles. The van der Waals surface area contributed by atoms with Gasteiger partial charge in [-0.1, -0.05) is 29.8 Å². The van der Waals surface area contributed by atoms with E-state index in [1.165, 1.54) is 16.9 Å². The first-order valence-electron chi connectivity index (χ1n) is 9.00. The third-order valence-electron chi connectivity index (χ3n) is 4.84. The fourth-order valence-electron chi connectivity index (χ4n) is 3.38. The summed E-state index contributed by atoms with van der Waals surface area (Å²) in [6.07, 6.45) is 3.61. The van der Waals surface area contributed by atoms with E-state index >= 15 is 0 Å². The number of likely N-dealkylation sites (tertiary alicyclic amines) is 1. The van der Waals surface area contributed by atoms with Crippen molar-refractivity contribution < 1.29 is 4.79 Å². The number of nitrogen functional groups attached to an aromatic ring is 1. The Morgan fingerprint density at radius 2 is 2.04 bits per heavy atom. The zero-order valence-electron chi connectivity index (χ0n) is 15.1. The Hall–Kier alpha value is -2.80. The second-order valence-corrected chi connectivity index (χ2v) is 7.69. The number of anilines is 1. The van der Waals surface area contributed by atoms with E-state index in [4.69, 9.17) is 5.73 Å². The molecule has 1 saturated heterocycles. The van der Waals surface area contributed by atoms with Crippen molar-refractivity contribution in [2.45, 2.75) is 25.7 Å². The third kappa shape index (κ3) is 3.83. The quantitative estimate of drug-likeness (QED) is 0.753.